The van der Waals surface area contributed by atoms with Crippen LogP contribution in [0.5, 0.6) is 0 Å². The van der Waals surface area contributed by atoms with Crippen LogP contribution in [0.4, 0.5) is 13.2 Å². The van der Waals surface area contributed by atoms with Crippen molar-refractivity contribution in [2.45, 2.75) is 19.5 Å². The Morgan fingerprint density at radius 3 is 2.37 bits per heavy atom. The van der Waals surface area contributed by atoms with Gasteiger partial charge in [-0.3, -0.25) is 0 Å². The SMILES string of the molecule is C[C@H](NCc1cccc(F)c1F)c1ccc(F)cc1. The van der Waals surface area contributed by atoms with E-state index in [9.17, 15) is 13.2 Å². The zero-order valence-corrected chi connectivity index (χ0v) is 10.5. The van der Waals surface area contributed by atoms with E-state index in [-0.39, 0.29) is 24.0 Å². The topological polar surface area (TPSA) is 12.0 Å². The molecule has 0 heterocycles. The highest BCUT2D eigenvalue weighted by Crippen LogP contribution is 2.15. The average molecular weight is 265 g/mol. The van der Waals surface area contributed by atoms with Crippen molar-refractivity contribution in [1.29, 1.82) is 0 Å². The molecule has 100 valence electrons. The molecule has 0 fully saturated rings. The standard InChI is InChI=1S/C15H14F3N/c1-10(11-5-7-13(16)8-6-11)19-9-12-3-2-4-14(17)15(12)18/h2-8,10,19H,9H2,1H3/t10-/m0/s1. The van der Waals surface area contributed by atoms with Gasteiger partial charge in [0.1, 0.15) is 5.82 Å². The molecule has 0 unspecified atom stereocenters. The van der Waals surface area contributed by atoms with Crippen molar-refractivity contribution in [2.24, 2.45) is 0 Å². The molecule has 1 atom stereocenters. The minimum Gasteiger partial charge on any atom is -0.306 e. The van der Waals surface area contributed by atoms with E-state index in [2.05, 4.69) is 5.32 Å². The summed E-state index contributed by atoms with van der Waals surface area (Å²) in [6.07, 6.45) is 0. The third-order valence-corrected chi connectivity index (χ3v) is 3.00. The lowest BCUT2D eigenvalue weighted by atomic mass is 10.1. The second-order valence-electron chi connectivity index (χ2n) is 4.37. The van der Waals surface area contributed by atoms with Gasteiger partial charge < -0.3 is 5.32 Å². The van der Waals surface area contributed by atoms with Crippen LogP contribution < -0.4 is 5.32 Å². The summed E-state index contributed by atoms with van der Waals surface area (Å²) in [5.41, 5.74) is 1.16. The molecule has 2 aromatic carbocycles. The fourth-order valence-corrected chi connectivity index (χ4v) is 1.82. The van der Waals surface area contributed by atoms with Gasteiger partial charge in [0.2, 0.25) is 0 Å². The summed E-state index contributed by atoms with van der Waals surface area (Å²) < 4.78 is 39.3. The molecule has 4 heteroatoms. The number of hydrogen-bond acceptors (Lipinski definition) is 1. The van der Waals surface area contributed by atoms with E-state index in [0.29, 0.717) is 0 Å². The summed E-state index contributed by atoms with van der Waals surface area (Å²) in [4.78, 5) is 0. The van der Waals surface area contributed by atoms with Gasteiger partial charge in [0.05, 0.1) is 0 Å². The molecule has 19 heavy (non-hydrogen) atoms. The van der Waals surface area contributed by atoms with Gasteiger partial charge in [0, 0.05) is 18.2 Å². The first kappa shape index (κ1) is 13.6. The molecule has 0 saturated carbocycles. The molecule has 0 radical (unpaired) electrons. The highest BCUT2D eigenvalue weighted by molar-refractivity contribution is 5.21. The molecule has 0 aliphatic heterocycles. The Hall–Kier alpha value is -1.81. The summed E-state index contributed by atoms with van der Waals surface area (Å²) in [7, 11) is 0. The van der Waals surface area contributed by atoms with Crippen LogP contribution in [0.15, 0.2) is 42.5 Å². The van der Waals surface area contributed by atoms with Gasteiger partial charge in [0.15, 0.2) is 11.6 Å². The summed E-state index contributed by atoms with van der Waals surface area (Å²) in [5, 5.41) is 3.07. The zero-order valence-electron chi connectivity index (χ0n) is 10.5. The monoisotopic (exact) mass is 265 g/mol. The zero-order chi connectivity index (χ0) is 13.8. The highest BCUT2D eigenvalue weighted by atomic mass is 19.2. The van der Waals surface area contributed by atoms with Gasteiger partial charge in [-0.1, -0.05) is 24.3 Å². The molecular weight excluding hydrogens is 251 g/mol. The quantitative estimate of drug-likeness (QED) is 0.882. The van der Waals surface area contributed by atoms with E-state index in [1.54, 1.807) is 12.1 Å². The third kappa shape index (κ3) is 3.35. The van der Waals surface area contributed by atoms with Crippen LogP contribution in [-0.2, 0) is 6.54 Å². The van der Waals surface area contributed by atoms with E-state index in [1.165, 1.54) is 24.3 Å². The first-order chi connectivity index (χ1) is 9.08. The molecule has 0 aliphatic rings. The normalized spacial score (nSPS) is 12.4. The highest BCUT2D eigenvalue weighted by Gasteiger charge is 2.09. The summed E-state index contributed by atoms with van der Waals surface area (Å²) >= 11 is 0. The van der Waals surface area contributed by atoms with Crippen LogP contribution in [0, 0.1) is 17.5 Å². The molecule has 0 spiro atoms. The van der Waals surface area contributed by atoms with E-state index in [1.807, 2.05) is 6.92 Å². The van der Waals surface area contributed by atoms with Crippen LogP contribution in [0.3, 0.4) is 0 Å². The first-order valence-electron chi connectivity index (χ1n) is 5.99. The van der Waals surface area contributed by atoms with Gasteiger partial charge in [-0.2, -0.15) is 0 Å². The van der Waals surface area contributed by atoms with Gasteiger partial charge >= 0.3 is 0 Å². The van der Waals surface area contributed by atoms with E-state index in [0.717, 1.165) is 11.6 Å². The van der Waals surface area contributed by atoms with Gasteiger partial charge in [-0.15, -0.1) is 0 Å². The summed E-state index contributed by atoms with van der Waals surface area (Å²) in [6, 6.07) is 10.1. The van der Waals surface area contributed by atoms with E-state index < -0.39 is 11.6 Å². The molecule has 0 aromatic heterocycles. The molecule has 1 nitrogen and oxygen atoms in total. The molecule has 0 amide bonds. The first-order valence-corrected chi connectivity index (χ1v) is 5.99. The molecule has 1 N–H and O–H groups in total. The van der Waals surface area contributed by atoms with Crippen molar-refractivity contribution in [3.8, 4) is 0 Å². The lowest BCUT2D eigenvalue weighted by molar-refractivity contribution is 0.484. The van der Waals surface area contributed by atoms with Gasteiger partial charge in [0.25, 0.3) is 0 Å². The Morgan fingerprint density at radius 2 is 1.68 bits per heavy atom. The molecule has 0 bridgehead atoms. The molecule has 2 rings (SSSR count). The van der Waals surface area contributed by atoms with E-state index >= 15 is 0 Å². The van der Waals surface area contributed by atoms with Crippen molar-refractivity contribution < 1.29 is 13.2 Å². The predicted octanol–water partition coefficient (Wildman–Crippen LogP) is 3.95. The van der Waals surface area contributed by atoms with Gasteiger partial charge in [-0.05, 0) is 30.7 Å². The number of benzene rings is 2. The average Bonchev–Trinajstić information content (AvgIpc) is 2.41. The smallest absolute Gasteiger partial charge is 0.163 e. The minimum absolute atomic E-state index is 0.0803. The number of hydrogen-bond donors (Lipinski definition) is 1. The Kier molecular flexibility index (Phi) is 4.22. The van der Waals surface area contributed by atoms with Crippen molar-refractivity contribution in [3.05, 3.63) is 71.0 Å². The minimum atomic E-state index is -0.853. The number of nitrogens with one attached hydrogen (secondary N) is 1. The Morgan fingerprint density at radius 1 is 1.00 bits per heavy atom. The Balaban J connectivity index is 2.02. The number of halogens is 3. The molecular formula is C15H14F3N. The van der Waals surface area contributed by atoms with Crippen molar-refractivity contribution >= 4 is 0 Å². The maximum absolute atomic E-state index is 13.4. The van der Waals surface area contributed by atoms with Crippen LogP contribution in [0.1, 0.15) is 24.1 Å². The summed E-state index contributed by atoms with van der Waals surface area (Å²) in [6.45, 7) is 2.09. The molecule has 2 aromatic rings. The predicted molar refractivity (Wildman–Crippen MR) is 68.0 cm³/mol. The van der Waals surface area contributed by atoms with Crippen LogP contribution in [-0.4, -0.2) is 0 Å². The Labute approximate surface area is 110 Å². The maximum Gasteiger partial charge on any atom is 0.163 e. The second kappa shape index (κ2) is 5.89. The van der Waals surface area contributed by atoms with Crippen LogP contribution >= 0.6 is 0 Å². The van der Waals surface area contributed by atoms with Crippen LogP contribution in [0.25, 0.3) is 0 Å². The Bertz CT molecular complexity index is 552. The fraction of sp³-hybridized carbons (Fsp3) is 0.200. The van der Waals surface area contributed by atoms with Crippen molar-refractivity contribution in [2.75, 3.05) is 0 Å². The fourth-order valence-electron chi connectivity index (χ4n) is 1.82. The number of rotatable bonds is 4. The maximum atomic E-state index is 13.4. The third-order valence-electron chi connectivity index (χ3n) is 3.00. The largest absolute Gasteiger partial charge is 0.306 e. The molecule has 0 saturated heterocycles. The second-order valence-corrected chi connectivity index (χ2v) is 4.37. The van der Waals surface area contributed by atoms with E-state index in [4.69, 9.17) is 0 Å². The lowest BCUT2D eigenvalue weighted by Crippen LogP contribution is -2.19. The van der Waals surface area contributed by atoms with Gasteiger partial charge in [-0.25, -0.2) is 13.2 Å². The lowest BCUT2D eigenvalue weighted by Gasteiger charge is -2.14. The summed E-state index contributed by atoms with van der Waals surface area (Å²) in [5.74, 6) is -1.98. The van der Waals surface area contributed by atoms with Crippen LogP contribution in [0.2, 0.25) is 0 Å². The molecule has 0 aliphatic carbocycles. The van der Waals surface area contributed by atoms with Crippen molar-refractivity contribution in [3.63, 3.8) is 0 Å². The van der Waals surface area contributed by atoms with Crippen molar-refractivity contribution in [1.82, 2.24) is 5.32 Å².